The molecule has 0 aliphatic rings. The smallest absolute Gasteiger partial charge is 0.408 e. The Kier molecular flexibility index (Phi) is 5.57. The maximum Gasteiger partial charge on any atom is 0.408 e. The number of halogens is 5. The minimum absolute atomic E-state index is 0.00882. The van der Waals surface area contributed by atoms with Crippen LogP contribution in [0, 0.1) is 5.82 Å². The normalized spacial score (nSPS) is 13.2. The Bertz CT molecular complexity index is 1330. The number of ether oxygens (including phenoxy) is 1. The summed E-state index contributed by atoms with van der Waals surface area (Å²) in [4.78, 5) is 18.8. The molecule has 0 aliphatic carbocycles. The van der Waals surface area contributed by atoms with Crippen molar-refractivity contribution in [2.24, 2.45) is 0 Å². The average molecular weight is 473 g/mol. The van der Waals surface area contributed by atoms with Gasteiger partial charge in [-0.15, -0.1) is 0 Å². The minimum atomic E-state index is -4.65. The first kappa shape index (κ1) is 22.1. The third kappa shape index (κ3) is 3.78. The molecule has 3 heterocycles. The highest BCUT2D eigenvalue weighted by molar-refractivity contribution is 6.36. The van der Waals surface area contributed by atoms with Gasteiger partial charge < -0.3 is 14.6 Å². The summed E-state index contributed by atoms with van der Waals surface area (Å²) in [5.41, 5.74) is -0.160. The highest BCUT2D eigenvalue weighted by atomic mass is 35.5. The average Bonchev–Trinajstić information content (AvgIpc) is 3.28. The standard InChI is InChI=1S/C19H17ClF4N6O2/c1-9(19(22,23)24)29-13-7-11(32-5-3-4-25-10(2)31)6-12(21)14(13)15-16(20)28-18-26-8-27-30(18)17(15)29/h6-9H,3-5H2,1-2H3,(H,25,31)/t9-/m0/s1. The lowest BCUT2D eigenvalue weighted by atomic mass is 10.2. The monoisotopic (exact) mass is 472 g/mol. The van der Waals surface area contributed by atoms with Crippen molar-refractivity contribution in [2.75, 3.05) is 13.2 Å². The number of amides is 1. The summed E-state index contributed by atoms with van der Waals surface area (Å²) >= 11 is 6.24. The minimum Gasteiger partial charge on any atom is -0.493 e. The lowest BCUT2D eigenvalue weighted by Gasteiger charge is -2.20. The molecule has 170 valence electrons. The third-order valence-electron chi connectivity index (χ3n) is 4.96. The maximum atomic E-state index is 15.2. The van der Waals surface area contributed by atoms with E-state index in [0.29, 0.717) is 13.0 Å². The van der Waals surface area contributed by atoms with E-state index in [1.807, 2.05) is 0 Å². The Labute approximate surface area is 183 Å². The van der Waals surface area contributed by atoms with Gasteiger partial charge in [-0.1, -0.05) is 11.6 Å². The molecule has 8 nitrogen and oxygen atoms in total. The molecule has 0 bridgehead atoms. The van der Waals surface area contributed by atoms with Gasteiger partial charge in [0.25, 0.3) is 5.78 Å². The van der Waals surface area contributed by atoms with Crippen molar-refractivity contribution in [3.05, 3.63) is 29.4 Å². The van der Waals surface area contributed by atoms with E-state index in [9.17, 15) is 18.0 Å². The molecule has 0 saturated heterocycles. The first-order valence-corrected chi connectivity index (χ1v) is 9.93. The van der Waals surface area contributed by atoms with Gasteiger partial charge in [0.1, 0.15) is 34.7 Å². The molecule has 1 amide bonds. The van der Waals surface area contributed by atoms with Crippen LogP contribution < -0.4 is 10.1 Å². The van der Waals surface area contributed by atoms with E-state index >= 15 is 4.39 Å². The Morgan fingerprint density at radius 2 is 2.06 bits per heavy atom. The van der Waals surface area contributed by atoms with Crippen LogP contribution in [0.1, 0.15) is 26.3 Å². The van der Waals surface area contributed by atoms with Gasteiger partial charge in [-0.25, -0.2) is 4.39 Å². The number of nitrogens with one attached hydrogen (secondary N) is 1. The van der Waals surface area contributed by atoms with Crippen molar-refractivity contribution >= 4 is 45.2 Å². The zero-order valence-corrected chi connectivity index (χ0v) is 17.6. The van der Waals surface area contributed by atoms with E-state index in [1.165, 1.54) is 13.0 Å². The molecule has 1 aromatic carbocycles. The predicted molar refractivity (Wildman–Crippen MR) is 108 cm³/mol. The SMILES string of the molecule is CC(=O)NCCCOc1cc(F)c2c3c(Cl)nc4ncnn4c3n([C@@H](C)C(F)(F)F)c2c1. The number of rotatable bonds is 6. The van der Waals surface area contributed by atoms with Gasteiger partial charge in [-0.3, -0.25) is 4.79 Å². The topological polar surface area (TPSA) is 86.3 Å². The second-order valence-corrected chi connectivity index (χ2v) is 7.50. The zero-order chi connectivity index (χ0) is 23.2. The summed E-state index contributed by atoms with van der Waals surface area (Å²) in [7, 11) is 0. The van der Waals surface area contributed by atoms with E-state index in [1.54, 1.807) is 0 Å². The van der Waals surface area contributed by atoms with Crippen LogP contribution in [0.5, 0.6) is 5.75 Å². The number of carbonyl (C=O) groups excluding carboxylic acids is 1. The second-order valence-electron chi connectivity index (χ2n) is 7.14. The van der Waals surface area contributed by atoms with Crippen molar-refractivity contribution in [2.45, 2.75) is 32.5 Å². The molecule has 0 unspecified atom stereocenters. The predicted octanol–water partition coefficient (Wildman–Crippen LogP) is 4.05. The van der Waals surface area contributed by atoms with Crippen LogP contribution in [0.4, 0.5) is 17.6 Å². The highest BCUT2D eigenvalue weighted by Gasteiger charge is 2.40. The van der Waals surface area contributed by atoms with Crippen molar-refractivity contribution < 1.29 is 27.1 Å². The molecule has 4 aromatic rings. The second kappa shape index (κ2) is 8.08. The van der Waals surface area contributed by atoms with E-state index in [-0.39, 0.29) is 51.1 Å². The molecule has 32 heavy (non-hydrogen) atoms. The van der Waals surface area contributed by atoms with Gasteiger partial charge in [-0.2, -0.15) is 32.8 Å². The van der Waals surface area contributed by atoms with Gasteiger partial charge in [0.15, 0.2) is 0 Å². The summed E-state index contributed by atoms with van der Waals surface area (Å²) in [5.74, 6) is -1.00. The fourth-order valence-electron chi connectivity index (χ4n) is 3.51. The van der Waals surface area contributed by atoms with E-state index < -0.39 is 18.0 Å². The summed E-state index contributed by atoms with van der Waals surface area (Å²) in [6, 6.07) is 0.353. The summed E-state index contributed by atoms with van der Waals surface area (Å²) in [5, 5.41) is 6.22. The van der Waals surface area contributed by atoms with Gasteiger partial charge >= 0.3 is 6.18 Å². The van der Waals surface area contributed by atoms with Gasteiger partial charge in [0.05, 0.1) is 17.5 Å². The maximum absolute atomic E-state index is 15.2. The fraction of sp³-hybridized carbons (Fsp3) is 0.368. The third-order valence-corrected chi connectivity index (χ3v) is 5.24. The van der Waals surface area contributed by atoms with Crippen LogP contribution in [-0.2, 0) is 4.79 Å². The first-order valence-electron chi connectivity index (χ1n) is 9.56. The van der Waals surface area contributed by atoms with Crippen LogP contribution in [-0.4, -0.2) is 49.4 Å². The van der Waals surface area contributed by atoms with E-state index in [2.05, 4.69) is 20.4 Å². The van der Waals surface area contributed by atoms with Crippen LogP contribution in [0.3, 0.4) is 0 Å². The van der Waals surface area contributed by atoms with Crippen molar-refractivity contribution in [3.63, 3.8) is 0 Å². The molecule has 4 rings (SSSR count). The van der Waals surface area contributed by atoms with Crippen molar-refractivity contribution in [1.82, 2.24) is 29.5 Å². The molecular weight excluding hydrogens is 456 g/mol. The summed E-state index contributed by atoms with van der Waals surface area (Å²) in [6.07, 6.45) is -3.10. The summed E-state index contributed by atoms with van der Waals surface area (Å²) in [6.45, 7) is 2.79. The van der Waals surface area contributed by atoms with Crippen LogP contribution in [0.25, 0.3) is 27.7 Å². The fourth-order valence-corrected chi connectivity index (χ4v) is 3.76. The molecule has 0 fully saturated rings. The summed E-state index contributed by atoms with van der Waals surface area (Å²) < 4.78 is 64.0. The molecule has 0 saturated carbocycles. The molecule has 0 radical (unpaired) electrons. The lowest BCUT2D eigenvalue weighted by Crippen LogP contribution is -2.24. The van der Waals surface area contributed by atoms with E-state index in [0.717, 1.165) is 28.4 Å². The van der Waals surface area contributed by atoms with Crippen LogP contribution in [0.2, 0.25) is 5.15 Å². The van der Waals surface area contributed by atoms with Gasteiger partial charge in [0, 0.05) is 31.0 Å². The molecule has 0 aliphatic heterocycles. The largest absolute Gasteiger partial charge is 0.493 e. The number of hydrogen-bond donors (Lipinski definition) is 1. The first-order chi connectivity index (χ1) is 15.1. The van der Waals surface area contributed by atoms with E-state index in [4.69, 9.17) is 16.3 Å². The van der Waals surface area contributed by atoms with Crippen molar-refractivity contribution in [1.29, 1.82) is 0 Å². The van der Waals surface area contributed by atoms with Gasteiger partial charge in [-0.05, 0) is 13.3 Å². The van der Waals surface area contributed by atoms with Crippen molar-refractivity contribution in [3.8, 4) is 5.75 Å². The Balaban J connectivity index is 1.91. The molecular formula is C19H17ClF4N6O2. The number of fused-ring (bicyclic) bond motifs is 5. The quantitative estimate of drug-likeness (QED) is 0.260. The lowest BCUT2D eigenvalue weighted by molar-refractivity contribution is -0.161. The Morgan fingerprint density at radius 1 is 1.31 bits per heavy atom. The number of carbonyl (C=O) groups is 1. The molecule has 1 atom stereocenters. The number of hydrogen-bond acceptors (Lipinski definition) is 5. The Hall–Kier alpha value is -3.15. The number of benzene rings is 1. The molecule has 3 aromatic heterocycles. The molecule has 13 heteroatoms. The highest BCUT2D eigenvalue weighted by Crippen LogP contribution is 2.42. The zero-order valence-electron chi connectivity index (χ0n) is 16.9. The van der Waals surface area contributed by atoms with Crippen LogP contribution >= 0.6 is 11.6 Å². The van der Waals surface area contributed by atoms with Gasteiger partial charge in [0.2, 0.25) is 5.91 Å². The Morgan fingerprint density at radius 3 is 2.75 bits per heavy atom. The molecule has 0 spiro atoms. The molecule has 1 N–H and O–H groups in total. The van der Waals surface area contributed by atoms with Crippen LogP contribution in [0.15, 0.2) is 18.5 Å². The number of nitrogens with zero attached hydrogens (tertiary/aromatic N) is 5. The number of aromatic nitrogens is 5. The number of alkyl halides is 3.